The van der Waals surface area contributed by atoms with Crippen LogP contribution in [-0.2, 0) is 11.4 Å². The summed E-state index contributed by atoms with van der Waals surface area (Å²) in [5.74, 6) is -0.582. The number of carboxylic acids is 1. The van der Waals surface area contributed by atoms with Crippen LogP contribution in [-0.4, -0.2) is 52.0 Å². The zero-order valence-electron chi connectivity index (χ0n) is 21.0. The number of likely N-dealkylation sites (tertiary alicyclic amines) is 1. The number of carbonyl (C=O) groups is 1. The molecule has 0 bridgehead atoms. The lowest BCUT2D eigenvalue weighted by atomic mass is 9.85. The number of nitrogens with zero attached hydrogens (tertiary/aromatic N) is 3. The van der Waals surface area contributed by atoms with Crippen molar-refractivity contribution in [2.45, 2.75) is 45.3 Å². The maximum absolute atomic E-state index is 13.5. The molecule has 0 unspecified atom stereocenters. The molecule has 2 aliphatic rings. The molecule has 1 aromatic heterocycles. The van der Waals surface area contributed by atoms with Gasteiger partial charge < -0.3 is 14.7 Å². The average molecular weight is 504 g/mol. The van der Waals surface area contributed by atoms with Crippen molar-refractivity contribution in [3.05, 3.63) is 82.9 Å². The Kier molecular flexibility index (Phi) is 6.93. The summed E-state index contributed by atoms with van der Waals surface area (Å²) in [5, 5.41) is 13.5. The van der Waals surface area contributed by atoms with Crippen molar-refractivity contribution in [3.63, 3.8) is 0 Å². The van der Waals surface area contributed by atoms with Gasteiger partial charge in [0.2, 0.25) is 5.95 Å². The fraction of sp³-hybridized carbons (Fsp3) is 0.345. The maximum Gasteiger partial charge on any atom is 0.335 e. The number of hydrogen-bond acceptors (Lipinski definition) is 6. The lowest BCUT2D eigenvalue weighted by molar-refractivity contribution is -0.0626. The number of pyridine rings is 1. The van der Waals surface area contributed by atoms with Crippen molar-refractivity contribution in [1.29, 1.82) is 0 Å². The second kappa shape index (κ2) is 10.3. The zero-order valence-corrected chi connectivity index (χ0v) is 21.0. The monoisotopic (exact) mass is 503 g/mol. The van der Waals surface area contributed by atoms with E-state index in [-0.39, 0.29) is 11.2 Å². The van der Waals surface area contributed by atoms with Crippen LogP contribution in [0.3, 0.4) is 0 Å². The van der Waals surface area contributed by atoms with Gasteiger partial charge in [-0.15, -0.1) is 0 Å². The number of rotatable bonds is 7. The number of aromatic nitrogens is 1. The molecule has 3 aromatic rings. The molecule has 2 aliphatic heterocycles. The Morgan fingerprint density at radius 1 is 1.14 bits per heavy atom. The number of halogens is 1. The first-order chi connectivity index (χ1) is 17.9. The van der Waals surface area contributed by atoms with Crippen molar-refractivity contribution in [3.8, 4) is 16.9 Å². The van der Waals surface area contributed by atoms with Crippen LogP contribution in [0.25, 0.3) is 11.1 Å². The van der Waals surface area contributed by atoms with E-state index in [9.17, 15) is 9.18 Å². The third kappa shape index (κ3) is 5.34. The quantitative estimate of drug-likeness (QED) is 0.432. The Balaban J connectivity index is 1.28. The van der Waals surface area contributed by atoms with Crippen LogP contribution >= 0.6 is 0 Å². The highest BCUT2D eigenvalue weighted by Gasteiger charge is 2.42. The SMILES string of the molecule is CCOc1cc(CN2CCC3(CC2)CC(c2ccc(C(=O)O)cc2)=NO3)c(-c2ccc(F)nc2)cc1C. The standard InChI is InChI=1S/C29H30FN3O4/c1-3-36-26-15-23(24(14-19(26)2)22-8-9-27(30)31-17-22)18-33-12-10-29(11-13-33)16-25(32-37-29)20-4-6-21(7-5-20)28(34)35/h4-9,14-15,17H,3,10-13,16,18H2,1-2H3,(H,34,35). The lowest BCUT2D eigenvalue weighted by Gasteiger charge is -2.37. The number of aryl methyl sites for hydroxylation is 1. The van der Waals surface area contributed by atoms with Gasteiger partial charge in [-0.2, -0.15) is 4.39 Å². The van der Waals surface area contributed by atoms with E-state index in [1.165, 1.54) is 6.07 Å². The number of carboxylic acid groups (broad SMARTS) is 1. The molecule has 1 N–H and O–H groups in total. The van der Waals surface area contributed by atoms with Crippen molar-refractivity contribution in [2.24, 2.45) is 5.16 Å². The van der Waals surface area contributed by atoms with E-state index in [1.54, 1.807) is 36.5 Å². The first-order valence-electron chi connectivity index (χ1n) is 12.6. The fourth-order valence-electron chi connectivity index (χ4n) is 5.09. The van der Waals surface area contributed by atoms with Gasteiger partial charge in [-0.05, 0) is 72.5 Å². The third-order valence-electron chi connectivity index (χ3n) is 7.20. The van der Waals surface area contributed by atoms with Gasteiger partial charge in [0.15, 0.2) is 0 Å². The molecule has 0 saturated carbocycles. The van der Waals surface area contributed by atoms with E-state index in [2.05, 4.69) is 27.2 Å². The van der Waals surface area contributed by atoms with Crippen LogP contribution in [0, 0.1) is 12.9 Å². The first kappa shape index (κ1) is 24.9. The number of piperidine rings is 1. The predicted molar refractivity (Wildman–Crippen MR) is 138 cm³/mol. The zero-order chi connectivity index (χ0) is 26.0. The molecular formula is C29H30FN3O4. The summed E-state index contributed by atoms with van der Waals surface area (Å²) in [6.07, 6.45) is 3.96. The summed E-state index contributed by atoms with van der Waals surface area (Å²) < 4.78 is 19.3. The number of aromatic carboxylic acids is 1. The molecule has 37 heavy (non-hydrogen) atoms. The number of oxime groups is 1. The van der Waals surface area contributed by atoms with Gasteiger partial charge in [-0.3, -0.25) is 4.90 Å². The van der Waals surface area contributed by atoms with Crippen LogP contribution in [0.4, 0.5) is 4.39 Å². The molecule has 0 amide bonds. The van der Waals surface area contributed by atoms with Gasteiger partial charge in [0.1, 0.15) is 11.4 Å². The van der Waals surface area contributed by atoms with Gasteiger partial charge in [0, 0.05) is 50.7 Å². The fourth-order valence-corrected chi connectivity index (χ4v) is 5.09. The van der Waals surface area contributed by atoms with Gasteiger partial charge in [0.05, 0.1) is 17.9 Å². The number of hydrogen-bond donors (Lipinski definition) is 1. The van der Waals surface area contributed by atoms with Crippen LogP contribution in [0.5, 0.6) is 5.75 Å². The third-order valence-corrected chi connectivity index (χ3v) is 7.20. The Labute approximate surface area is 215 Å². The molecule has 2 aromatic carbocycles. The molecule has 1 fully saturated rings. The molecule has 7 nitrogen and oxygen atoms in total. The number of benzene rings is 2. The minimum absolute atomic E-state index is 0.255. The van der Waals surface area contributed by atoms with Gasteiger partial charge >= 0.3 is 5.97 Å². The van der Waals surface area contributed by atoms with Crippen LogP contribution in [0.2, 0.25) is 0 Å². The van der Waals surface area contributed by atoms with Gasteiger partial charge in [-0.1, -0.05) is 17.3 Å². The van der Waals surface area contributed by atoms with E-state index < -0.39 is 11.9 Å². The largest absolute Gasteiger partial charge is 0.494 e. The summed E-state index contributed by atoms with van der Waals surface area (Å²) in [7, 11) is 0. The van der Waals surface area contributed by atoms with Crippen LogP contribution in [0.15, 0.2) is 59.9 Å². The summed E-state index contributed by atoms with van der Waals surface area (Å²) in [6.45, 7) is 7.00. The summed E-state index contributed by atoms with van der Waals surface area (Å²) in [4.78, 5) is 23.4. The summed E-state index contributed by atoms with van der Waals surface area (Å²) in [6, 6.07) is 14.1. The molecule has 8 heteroatoms. The van der Waals surface area contributed by atoms with Crippen LogP contribution in [0.1, 0.15) is 53.2 Å². The van der Waals surface area contributed by atoms with Crippen molar-refractivity contribution >= 4 is 11.7 Å². The van der Waals surface area contributed by atoms with Gasteiger partial charge in [-0.25, -0.2) is 9.78 Å². The smallest absolute Gasteiger partial charge is 0.335 e. The molecule has 1 spiro atoms. The number of ether oxygens (including phenoxy) is 1. The van der Waals surface area contributed by atoms with Crippen molar-refractivity contribution < 1.29 is 23.9 Å². The van der Waals surface area contributed by atoms with Crippen LogP contribution < -0.4 is 4.74 Å². The Bertz CT molecular complexity index is 1310. The highest BCUT2D eigenvalue weighted by atomic mass is 19.1. The second-order valence-corrected chi connectivity index (χ2v) is 9.73. The van der Waals surface area contributed by atoms with E-state index in [4.69, 9.17) is 14.7 Å². The topological polar surface area (TPSA) is 84.2 Å². The normalized spacial score (nSPS) is 16.9. The highest BCUT2D eigenvalue weighted by molar-refractivity contribution is 6.02. The predicted octanol–water partition coefficient (Wildman–Crippen LogP) is 5.45. The molecule has 0 radical (unpaired) electrons. The Morgan fingerprint density at radius 2 is 1.86 bits per heavy atom. The summed E-state index contributed by atoms with van der Waals surface area (Å²) >= 11 is 0. The Morgan fingerprint density at radius 3 is 2.51 bits per heavy atom. The van der Waals surface area contributed by atoms with Gasteiger partial charge in [0.25, 0.3) is 0 Å². The Hall–Kier alpha value is -3.78. The van der Waals surface area contributed by atoms with E-state index in [1.807, 2.05) is 13.8 Å². The molecule has 0 atom stereocenters. The minimum Gasteiger partial charge on any atom is -0.494 e. The maximum atomic E-state index is 13.5. The highest BCUT2D eigenvalue weighted by Crippen LogP contribution is 2.38. The van der Waals surface area contributed by atoms with Crippen molar-refractivity contribution in [1.82, 2.24) is 9.88 Å². The molecule has 0 aliphatic carbocycles. The van der Waals surface area contributed by atoms with Crippen molar-refractivity contribution in [2.75, 3.05) is 19.7 Å². The second-order valence-electron chi connectivity index (χ2n) is 9.73. The molecule has 5 rings (SSSR count). The molecular weight excluding hydrogens is 473 g/mol. The summed E-state index contributed by atoms with van der Waals surface area (Å²) in [5.41, 5.74) is 5.73. The molecule has 3 heterocycles. The molecule has 1 saturated heterocycles. The minimum atomic E-state index is -0.944. The van der Waals surface area contributed by atoms with E-state index in [0.29, 0.717) is 13.0 Å². The van der Waals surface area contributed by atoms with E-state index >= 15 is 0 Å². The molecule has 192 valence electrons. The lowest BCUT2D eigenvalue weighted by Crippen LogP contribution is -2.44. The first-order valence-corrected chi connectivity index (χ1v) is 12.6. The van der Waals surface area contributed by atoms with E-state index in [0.717, 1.165) is 71.8 Å². The average Bonchev–Trinajstić information content (AvgIpc) is 3.31.